The first-order valence-electron chi connectivity index (χ1n) is 6.70. The number of anilines is 1. The molecule has 2 heterocycles. The van der Waals surface area contributed by atoms with Crippen molar-refractivity contribution in [3.63, 3.8) is 0 Å². The van der Waals surface area contributed by atoms with Crippen LogP contribution in [0, 0.1) is 11.8 Å². The number of nitrogens with one attached hydrogen (secondary N) is 2. The fourth-order valence-electron chi connectivity index (χ4n) is 2.17. The van der Waals surface area contributed by atoms with Crippen molar-refractivity contribution in [2.24, 2.45) is 11.8 Å². The first kappa shape index (κ1) is 12.8. The van der Waals surface area contributed by atoms with Crippen LogP contribution in [0.5, 0.6) is 0 Å². The molecule has 6 heteroatoms. The lowest BCUT2D eigenvalue weighted by molar-refractivity contribution is -0.121. The number of hydrogen-bond donors (Lipinski definition) is 2. The number of nitrogens with zero attached hydrogens (tertiary/aromatic N) is 3. The van der Waals surface area contributed by atoms with Gasteiger partial charge in [0.15, 0.2) is 0 Å². The Kier molecular flexibility index (Phi) is 3.47. The smallest absolute Gasteiger partial charge is 0.227 e. The average Bonchev–Trinajstić information content (AvgIpc) is 2.91. The fourth-order valence-corrected chi connectivity index (χ4v) is 2.17. The monoisotopic (exact) mass is 271 g/mol. The summed E-state index contributed by atoms with van der Waals surface area (Å²) in [6.07, 6.45) is 3.13. The summed E-state index contributed by atoms with van der Waals surface area (Å²) in [5, 5.41) is 10.2. The molecule has 0 spiro atoms. The summed E-state index contributed by atoms with van der Waals surface area (Å²) in [5.74, 6) is 0.556. The Labute approximate surface area is 117 Å². The average molecular weight is 271 g/mol. The lowest BCUT2D eigenvalue weighted by atomic mass is 9.88. The van der Waals surface area contributed by atoms with Gasteiger partial charge in [-0.1, -0.05) is 6.92 Å². The summed E-state index contributed by atoms with van der Waals surface area (Å²) in [4.78, 5) is 16.0. The molecule has 0 radical (unpaired) electrons. The number of aromatic nitrogens is 3. The Bertz CT molecular complexity index is 574. The van der Waals surface area contributed by atoms with Crippen LogP contribution in [-0.4, -0.2) is 33.8 Å². The van der Waals surface area contributed by atoms with Gasteiger partial charge in [-0.25, -0.2) is 9.67 Å². The van der Waals surface area contributed by atoms with E-state index < -0.39 is 0 Å². The Balaban J connectivity index is 1.64. The highest BCUT2D eigenvalue weighted by Crippen LogP contribution is 2.19. The third-order valence-electron chi connectivity index (χ3n) is 3.75. The van der Waals surface area contributed by atoms with Gasteiger partial charge < -0.3 is 10.6 Å². The van der Waals surface area contributed by atoms with E-state index in [0.717, 1.165) is 24.5 Å². The maximum atomic E-state index is 12.1. The summed E-state index contributed by atoms with van der Waals surface area (Å²) in [5.41, 5.74) is 1.72. The van der Waals surface area contributed by atoms with Gasteiger partial charge in [-0.15, -0.1) is 0 Å². The lowest BCUT2D eigenvalue weighted by Gasteiger charge is -2.31. The van der Waals surface area contributed by atoms with Gasteiger partial charge in [0.05, 0.1) is 5.69 Å². The molecule has 6 nitrogen and oxygen atoms in total. The number of benzene rings is 1. The van der Waals surface area contributed by atoms with Crippen molar-refractivity contribution in [2.45, 2.75) is 6.92 Å². The predicted octanol–water partition coefficient (Wildman–Crippen LogP) is 1.06. The molecule has 1 atom stereocenters. The molecule has 1 aliphatic heterocycles. The second kappa shape index (κ2) is 5.42. The van der Waals surface area contributed by atoms with Crippen molar-refractivity contribution in [1.82, 2.24) is 20.1 Å². The molecule has 1 aromatic heterocycles. The first-order chi connectivity index (χ1) is 9.74. The molecule has 3 rings (SSSR count). The third-order valence-corrected chi connectivity index (χ3v) is 3.75. The largest absolute Gasteiger partial charge is 0.326 e. The maximum Gasteiger partial charge on any atom is 0.227 e. The minimum absolute atomic E-state index is 0.0336. The third kappa shape index (κ3) is 2.55. The molecule has 1 fully saturated rings. The Morgan fingerprint density at radius 1 is 1.40 bits per heavy atom. The zero-order valence-electron chi connectivity index (χ0n) is 11.3. The first-order valence-corrected chi connectivity index (χ1v) is 6.70. The SMILES string of the molecule is CC(C(=O)Nc1ccc(-n2cncn2)cc1)C1CNC1. The Morgan fingerprint density at radius 2 is 2.15 bits per heavy atom. The molecule has 0 saturated carbocycles. The Morgan fingerprint density at radius 3 is 2.70 bits per heavy atom. The molecule has 1 amide bonds. The van der Waals surface area contributed by atoms with Crippen LogP contribution in [0.1, 0.15) is 6.92 Å². The standard InChI is InChI=1S/C14H17N5O/c1-10(11-6-15-7-11)14(20)18-12-2-4-13(5-3-12)19-9-16-8-17-19/h2-5,8-11,15H,6-7H2,1H3,(H,18,20). The summed E-state index contributed by atoms with van der Waals surface area (Å²) in [6.45, 7) is 3.84. The van der Waals surface area contributed by atoms with Crippen LogP contribution in [0.2, 0.25) is 0 Å². The number of amides is 1. The molecular formula is C14H17N5O. The van der Waals surface area contributed by atoms with Crippen LogP contribution in [-0.2, 0) is 4.79 Å². The van der Waals surface area contributed by atoms with Crippen molar-refractivity contribution in [2.75, 3.05) is 18.4 Å². The molecule has 1 aliphatic rings. The predicted molar refractivity (Wildman–Crippen MR) is 75.5 cm³/mol. The maximum absolute atomic E-state index is 12.1. The van der Waals surface area contributed by atoms with Gasteiger partial charge in [0, 0.05) is 11.6 Å². The summed E-state index contributed by atoms with van der Waals surface area (Å²) in [6, 6.07) is 7.56. The van der Waals surface area contributed by atoms with Gasteiger partial charge >= 0.3 is 0 Å². The fraction of sp³-hybridized carbons (Fsp3) is 0.357. The van der Waals surface area contributed by atoms with E-state index in [1.807, 2.05) is 31.2 Å². The van der Waals surface area contributed by atoms with E-state index in [9.17, 15) is 4.79 Å². The minimum atomic E-state index is 0.0336. The van der Waals surface area contributed by atoms with Crippen molar-refractivity contribution in [1.29, 1.82) is 0 Å². The number of hydrogen-bond acceptors (Lipinski definition) is 4. The van der Waals surface area contributed by atoms with Crippen molar-refractivity contribution < 1.29 is 4.79 Å². The van der Waals surface area contributed by atoms with E-state index >= 15 is 0 Å². The molecule has 104 valence electrons. The van der Waals surface area contributed by atoms with Gasteiger partial charge in [0.25, 0.3) is 0 Å². The number of carbonyl (C=O) groups is 1. The van der Waals surface area contributed by atoms with Gasteiger partial charge in [-0.3, -0.25) is 4.79 Å². The lowest BCUT2D eigenvalue weighted by Crippen LogP contribution is -2.48. The number of carbonyl (C=O) groups excluding carboxylic acids is 1. The molecule has 1 unspecified atom stereocenters. The van der Waals surface area contributed by atoms with Gasteiger partial charge in [0.1, 0.15) is 12.7 Å². The zero-order valence-corrected chi connectivity index (χ0v) is 11.3. The molecule has 1 saturated heterocycles. The summed E-state index contributed by atoms with van der Waals surface area (Å²) < 4.78 is 1.67. The van der Waals surface area contributed by atoms with E-state index in [1.165, 1.54) is 6.33 Å². The normalized spacial score (nSPS) is 16.4. The van der Waals surface area contributed by atoms with Crippen LogP contribution in [0.4, 0.5) is 5.69 Å². The highest BCUT2D eigenvalue weighted by molar-refractivity contribution is 5.92. The zero-order chi connectivity index (χ0) is 13.9. The molecule has 0 aliphatic carbocycles. The topological polar surface area (TPSA) is 71.8 Å². The van der Waals surface area contributed by atoms with E-state index in [2.05, 4.69) is 20.7 Å². The van der Waals surface area contributed by atoms with E-state index in [1.54, 1.807) is 11.0 Å². The van der Waals surface area contributed by atoms with Crippen molar-refractivity contribution in [3.8, 4) is 5.69 Å². The van der Waals surface area contributed by atoms with Crippen LogP contribution < -0.4 is 10.6 Å². The van der Waals surface area contributed by atoms with E-state index in [4.69, 9.17) is 0 Å². The van der Waals surface area contributed by atoms with Crippen molar-refractivity contribution >= 4 is 11.6 Å². The van der Waals surface area contributed by atoms with Gasteiger partial charge in [0.2, 0.25) is 5.91 Å². The number of rotatable bonds is 4. The second-order valence-electron chi connectivity index (χ2n) is 5.08. The molecule has 2 N–H and O–H groups in total. The molecule has 20 heavy (non-hydrogen) atoms. The molecule has 2 aromatic rings. The highest BCUT2D eigenvalue weighted by atomic mass is 16.1. The van der Waals surface area contributed by atoms with Crippen LogP contribution in [0.15, 0.2) is 36.9 Å². The molecule has 1 aromatic carbocycles. The molecular weight excluding hydrogens is 254 g/mol. The van der Waals surface area contributed by atoms with Crippen LogP contribution >= 0.6 is 0 Å². The second-order valence-corrected chi connectivity index (χ2v) is 5.08. The van der Waals surface area contributed by atoms with Crippen LogP contribution in [0.25, 0.3) is 5.69 Å². The van der Waals surface area contributed by atoms with Gasteiger partial charge in [-0.2, -0.15) is 5.10 Å². The molecule has 0 bridgehead atoms. The van der Waals surface area contributed by atoms with E-state index in [0.29, 0.717) is 5.92 Å². The Hall–Kier alpha value is -2.21. The van der Waals surface area contributed by atoms with Crippen LogP contribution in [0.3, 0.4) is 0 Å². The van der Waals surface area contributed by atoms with Gasteiger partial charge in [-0.05, 0) is 43.3 Å². The van der Waals surface area contributed by atoms with E-state index in [-0.39, 0.29) is 11.8 Å². The summed E-state index contributed by atoms with van der Waals surface area (Å²) >= 11 is 0. The minimum Gasteiger partial charge on any atom is -0.326 e. The van der Waals surface area contributed by atoms with Crippen molar-refractivity contribution in [3.05, 3.63) is 36.9 Å². The highest BCUT2D eigenvalue weighted by Gasteiger charge is 2.28. The summed E-state index contributed by atoms with van der Waals surface area (Å²) in [7, 11) is 0. The quantitative estimate of drug-likeness (QED) is 0.872.